The highest BCUT2D eigenvalue weighted by Gasteiger charge is 2.08. The predicted octanol–water partition coefficient (Wildman–Crippen LogP) is -2.07. The van der Waals surface area contributed by atoms with Gasteiger partial charge in [0.2, 0.25) is 0 Å². The summed E-state index contributed by atoms with van der Waals surface area (Å²) >= 11 is 0. The molecule has 0 bridgehead atoms. The molecule has 0 radical (unpaired) electrons. The monoisotopic (exact) mass is 442 g/mol. The summed E-state index contributed by atoms with van der Waals surface area (Å²) in [4.78, 5) is 0. The van der Waals surface area contributed by atoms with E-state index in [0.717, 1.165) is 0 Å². The summed E-state index contributed by atoms with van der Waals surface area (Å²) in [6, 6.07) is 0. The van der Waals surface area contributed by atoms with Gasteiger partial charge in [-0.05, 0) is 19.3 Å². The Labute approximate surface area is 144 Å². The second-order valence-corrected chi connectivity index (χ2v) is 6.49. The molecule has 0 saturated carbocycles. The molecular formula is C7H22O15S3. The van der Waals surface area contributed by atoms with Gasteiger partial charge < -0.3 is 15.3 Å². The maximum absolute atomic E-state index is 9.03. The number of hydrogen-bond acceptors (Lipinski definition) is 9. The molecule has 0 heterocycles. The summed E-state index contributed by atoms with van der Waals surface area (Å²) in [5.41, 5.74) is 0. The van der Waals surface area contributed by atoms with Gasteiger partial charge in [0.1, 0.15) is 0 Å². The van der Waals surface area contributed by atoms with Crippen molar-refractivity contribution >= 4 is 31.2 Å². The van der Waals surface area contributed by atoms with Gasteiger partial charge in [-0.25, -0.2) is 0 Å². The molecule has 0 aliphatic carbocycles. The third-order valence-corrected chi connectivity index (χ3v) is 1.48. The van der Waals surface area contributed by atoms with Crippen LogP contribution in [0.4, 0.5) is 0 Å². The van der Waals surface area contributed by atoms with Gasteiger partial charge in [0, 0.05) is 6.61 Å². The lowest BCUT2D eigenvalue weighted by atomic mass is 10.1. The molecule has 158 valence electrons. The van der Waals surface area contributed by atoms with Gasteiger partial charge in [-0.2, -0.15) is 25.3 Å². The van der Waals surface area contributed by atoms with Gasteiger partial charge in [-0.15, -0.1) is 0 Å². The lowest BCUT2D eigenvalue weighted by molar-refractivity contribution is 0.0626. The van der Waals surface area contributed by atoms with Crippen molar-refractivity contribution in [2.75, 3.05) is 6.61 Å². The molecule has 9 N–H and O–H groups in total. The summed E-state index contributed by atoms with van der Waals surface area (Å²) in [6.45, 7) is 1.84. The highest BCUT2D eigenvalue weighted by molar-refractivity contribution is 7.80. The third kappa shape index (κ3) is 151. The Bertz CT molecular complexity index is 496. The van der Waals surface area contributed by atoms with Crippen LogP contribution in [0.3, 0.4) is 0 Å². The SMILES string of the molecule is CCC(O)CC(O)CCO.O=S(=O)(O)O.O=S(=O)(O)O.O=S(=O)(O)O. The molecule has 0 aromatic rings. The normalized spacial score (nSPS) is 13.7. The molecule has 0 fully saturated rings. The first-order chi connectivity index (χ1) is 10.7. The predicted molar refractivity (Wildman–Crippen MR) is 81.2 cm³/mol. The van der Waals surface area contributed by atoms with Crippen molar-refractivity contribution in [3.8, 4) is 0 Å². The maximum atomic E-state index is 9.03. The van der Waals surface area contributed by atoms with Crippen LogP contribution < -0.4 is 0 Å². The average Bonchev–Trinajstić information content (AvgIpc) is 2.21. The summed E-state index contributed by atoms with van der Waals surface area (Å²) < 4.78 is 94.8. The highest BCUT2D eigenvalue weighted by Crippen LogP contribution is 2.04. The molecule has 0 aromatic carbocycles. The van der Waals surface area contributed by atoms with E-state index in [1.165, 1.54) is 0 Å². The largest absolute Gasteiger partial charge is 0.396 e. The fourth-order valence-electron chi connectivity index (χ4n) is 0.748. The zero-order valence-corrected chi connectivity index (χ0v) is 15.1. The van der Waals surface area contributed by atoms with Gasteiger partial charge in [-0.1, -0.05) is 6.92 Å². The van der Waals surface area contributed by atoms with E-state index >= 15 is 0 Å². The standard InChI is InChI=1S/C7H16O3.3H2O4S/c1-2-6(9)5-7(10)3-4-8;3*1-5(2,3)4/h6-10H,2-5H2,1H3;3*(H2,1,2,3,4). The van der Waals surface area contributed by atoms with Crippen molar-refractivity contribution in [3.63, 3.8) is 0 Å². The van der Waals surface area contributed by atoms with Gasteiger partial charge in [0.25, 0.3) is 0 Å². The van der Waals surface area contributed by atoms with Crippen LogP contribution in [0.1, 0.15) is 26.2 Å². The molecule has 0 aromatic heterocycles. The van der Waals surface area contributed by atoms with Gasteiger partial charge in [0.15, 0.2) is 0 Å². The summed E-state index contributed by atoms with van der Waals surface area (Å²) in [5, 5.41) is 26.4. The minimum atomic E-state index is -4.67. The molecule has 15 nitrogen and oxygen atoms in total. The Balaban J connectivity index is -0.000000126. The topological polar surface area (TPSA) is 284 Å². The van der Waals surface area contributed by atoms with Crippen LogP contribution in [-0.2, 0) is 31.2 Å². The van der Waals surface area contributed by atoms with Gasteiger partial charge in [0.05, 0.1) is 12.2 Å². The van der Waals surface area contributed by atoms with Crippen molar-refractivity contribution in [3.05, 3.63) is 0 Å². The van der Waals surface area contributed by atoms with Crippen molar-refractivity contribution in [1.29, 1.82) is 0 Å². The van der Waals surface area contributed by atoms with Crippen LogP contribution in [0, 0.1) is 0 Å². The van der Waals surface area contributed by atoms with Crippen molar-refractivity contribution in [2.24, 2.45) is 0 Å². The van der Waals surface area contributed by atoms with E-state index in [4.69, 9.17) is 67.9 Å². The zero-order chi connectivity index (χ0) is 21.5. The first-order valence-corrected chi connectivity index (χ1v) is 9.96. The molecule has 25 heavy (non-hydrogen) atoms. The Morgan fingerprint density at radius 1 is 0.680 bits per heavy atom. The second-order valence-electron chi connectivity index (χ2n) is 3.81. The van der Waals surface area contributed by atoms with E-state index in [0.29, 0.717) is 19.3 Å². The first kappa shape index (κ1) is 32.2. The van der Waals surface area contributed by atoms with Crippen molar-refractivity contribution < 1.29 is 67.9 Å². The van der Waals surface area contributed by atoms with E-state index in [-0.39, 0.29) is 6.61 Å². The van der Waals surface area contributed by atoms with Crippen LogP contribution in [0.15, 0.2) is 0 Å². The molecule has 0 aliphatic rings. The number of hydrogen-bond donors (Lipinski definition) is 9. The number of aliphatic hydroxyl groups excluding tert-OH is 3. The van der Waals surface area contributed by atoms with Crippen LogP contribution >= 0.6 is 0 Å². The Kier molecular flexibility index (Phi) is 20.2. The quantitative estimate of drug-likeness (QED) is 0.207. The Morgan fingerprint density at radius 2 is 0.920 bits per heavy atom. The number of rotatable bonds is 5. The fraction of sp³-hybridized carbons (Fsp3) is 1.00. The molecule has 18 heteroatoms. The number of aliphatic hydroxyl groups is 3. The molecular weight excluding hydrogens is 420 g/mol. The smallest absolute Gasteiger partial charge is 0.394 e. The lowest BCUT2D eigenvalue weighted by Gasteiger charge is -2.12. The van der Waals surface area contributed by atoms with E-state index in [1.54, 1.807) is 0 Å². The molecule has 0 rings (SSSR count). The molecule has 0 aliphatic heterocycles. The first-order valence-electron chi connectivity index (χ1n) is 5.77. The van der Waals surface area contributed by atoms with E-state index in [9.17, 15) is 0 Å². The van der Waals surface area contributed by atoms with Crippen LogP contribution in [0.2, 0.25) is 0 Å². The Hall–Kier alpha value is -0.510. The van der Waals surface area contributed by atoms with Crippen LogP contribution in [0.25, 0.3) is 0 Å². The third-order valence-electron chi connectivity index (χ3n) is 1.48. The molecule has 2 unspecified atom stereocenters. The fourth-order valence-corrected chi connectivity index (χ4v) is 0.748. The van der Waals surface area contributed by atoms with Gasteiger partial charge >= 0.3 is 31.2 Å². The summed E-state index contributed by atoms with van der Waals surface area (Å²) in [7, 11) is -14.0. The highest BCUT2D eigenvalue weighted by atomic mass is 32.3. The molecule has 0 saturated heterocycles. The lowest BCUT2D eigenvalue weighted by Crippen LogP contribution is -2.17. The van der Waals surface area contributed by atoms with Crippen LogP contribution in [-0.4, -0.2) is 86.7 Å². The van der Waals surface area contributed by atoms with E-state index < -0.39 is 43.4 Å². The maximum Gasteiger partial charge on any atom is 0.394 e. The summed E-state index contributed by atoms with van der Waals surface area (Å²) in [6.07, 6.45) is 0.401. The zero-order valence-electron chi connectivity index (χ0n) is 12.7. The molecule has 2 atom stereocenters. The van der Waals surface area contributed by atoms with Crippen molar-refractivity contribution in [2.45, 2.75) is 38.4 Å². The average molecular weight is 442 g/mol. The minimum Gasteiger partial charge on any atom is -0.396 e. The second kappa shape index (κ2) is 15.7. The van der Waals surface area contributed by atoms with Gasteiger partial charge in [-0.3, -0.25) is 27.3 Å². The minimum absolute atomic E-state index is 0.0163. The Morgan fingerprint density at radius 3 is 1.08 bits per heavy atom. The van der Waals surface area contributed by atoms with Crippen molar-refractivity contribution in [1.82, 2.24) is 0 Å². The summed E-state index contributed by atoms with van der Waals surface area (Å²) in [5.74, 6) is 0. The molecule has 0 amide bonds. The van der Waals surface area contributed by atoms with E-state index in [2.05, 4.69) is 0 Å². The molecule has 0 spiro atoms. The van der Waals surface area contributed by atoms with Crippen LogP contribution in [0.5, 0.6) is 0 Å². The van der Waals surface area contributed by atoms with E-state index in [1.807, 2.05) is 6.92 Å².